The van der Waals surface area contributed by atoms with Crippen LogP contribution in [-0.4, -0.2) is 32.7 Å². The molecule has 6 nitrogen and oxygen atoms in total. The number of aryl methyl sites for hydroxylation is 2. The van der Waals surface area contributed by atoms with Crippen molar-refractivity contribution < 1.29 is 19.1 Å². The zero-order valence-corrected chi connectivity index (χ0v) is 15.2. The number of anilines is 2. The van der Waals surface area contributed by atoms with Gasteiger partial charge in [0.05, 0.1) is 31.2 Å². The summed E-state index contributed by atoms with van der Waals surface area (Å²) in [7, 11) is 2.59. The van der Waals surface area contributed by atoms with Gasteiger partial charge >= 0.3 is 11.9 Å². The van der Waals surface area contributed by atoms with Gasteiger partial charge in [-0.3, -0.25) is 0 Å². The van der Waals surface area contributed by atoms with Crippen molar-refractivity contribution in [2.75, 3.05) is 31.0 Å². The average molecular weight is 354 g/mol. The molecule has 26 heavy (non-hydrogen) atoms. The quantitative estimate of drug-likeness (QED) is 0.842. The smallest absolute Gasteiger partial charge is 0.355 e. The number of hydrogen-bond acceptors (Lipinski definition) is 6. The van der Waals surface area contributed by atoms with Gasteiger partial charge in [0.1, 0.15) is 5.70 Å². The Morgan fingerprint density at radius 2 is 1.88 bits per heavy atom. The standard InChI is InChI=1S/C20H22N2O4/c1-13-9-10-14-7-6-11-21-16(14)17(13)22-12-5-4-8-15(19(23)25-2)18(22)20(24)26-3/h4-5,8-10,12,21H,6-7,11H2,1-3H3. The molecule has 6 heteroatoms. The molecule has 0 atom stereocenters. The van der Waals surface area contributed by atoms with Crippen LogP contribution in [0.5, 0.6) is 0 Å². The molecular formula is C20H22N2O4. The van der Waals surface area contributed by atoms with E-state index in [4.69, 9.17) is 9.47 Å². The topological polar surface area (TPSA) is 67.9 Å². The molecule has 2 aliphatic rings. The van der Waals surface area contributed by atoms with E-state index in [1.807, 2.05) is 13.0 Å². The van der Waals surface area contributed by atoms with Gasteiger partial charge < -0.3 is 19.7 Å². The Morgan fingerprint density at radius 3 is 2.62 bits per heavy atom. The highest BCUT2D eigenvalue weighted by molar-refractivity contribution is 6.06. The van der Waals surface area contributed by atoms with E-state index in [0.717, 1.165) is 36.3 Å². The second-order valence-corrected chi connectivity index (χ2v) is 6.11. The molecule has 0 aromatic heterocycles. The highest BCUT2D eigenvalue weighted by Crippen LogP contribution is 2.39. The molecule has 0 saturated carbocycles. The monoisotopic (exact) mass is 354 g/mol. The molecular weight excluding hydrogens is 332 g/mol. The van der Waals surface area contributed by atoms with Gasteiger partial charge in [-0.1, -0.05) is 18.2 Å². The summed E-state index contributed by atoms with van der Waals surface area (Å²) in [5.74, 6) is -1.19. The number of rotatable bonds is 3. The molecule has 1 aromatic rings. The minimum atomic E-state index is -0.602. The fourth-order valence-corrected chi connectivity index (χ4v) is 3.28. The van der Waals surface area contributed by atoms with E-state index in [1.165, 1.54) is 19.8 Å². The Bertz CT molecular complexity index is 836. The largest absolute Gasteiger partial charge is 0.465 e. The van der Waals surface area contributed by atoms with Gasteiger partial charge in [-0.25, -0.2) is 9.59 Å². The van der Waals surface area contributed by atoms with Gasteiger partial charge in [-0.05, 0) is 43.0 Å². The van der Waals surface area contributed by atoms with Crippen LogP contribution in [0, 0.1) is 6.92 Å². The first-order valence-corrected chi connectivity index (χ1v) is 8.49. The number of carbonyl (C=O) groups excluding carboxylic acids is 2. The van der Waals surface area contributed by atoms with Crippen LogP contribution in [0.2, 0.25) is 0 Å². The lowest BCUT2D eigenvalue weighted by molar-refractivity contribution is -0.139. The number of hydrogen-bond donors (Lipinski definition) is 1. The molecule has 0 bridgehead atoms. The second-order valence-electron chi connectivity index (χ2n) is 6.11. The van der Waals surface area contributed by atoms with Crippen LogP contribution >= 0.6 is 0 Å². The van der Waals surface area contributed by atoms with Crippen molar-refractivity contribution in [1.82, 2.24) is 0 Å². The third-order valence-electron chi connectivity index (χ3n) is 4.52. The van der Waals surface area contributed by atoms with Crippen LogP contribution in [0.15, 0.2) is 47.8 Å². The van der Waals surface area contributed by atoms with Gasteiger partial charge in [-0.2, -0.15) is 0 Å². The van der Waals surface area contributed by atoms with Gasteiger partial charge in [0.2, 0.25) is 0 Å². The molecule has 0 amide bonds. The van der Waals surface area contributed by atoms with Crippen LogP contribution in [0.25, 0.3) is 0 Å². The van der Waals surface area contributed by atoms with Crippen molar-refractivity contribution in [1.29, 1.82) is 0 Å². The number of ether oxygens (including phenoxy) is 2. The maximum Gasteiger partial charge on any atom is 0.355 e. The Labute approximate surface area is 152 Å². The molecule has 0 spiro atoms. The van der Waals surface area contributed by atoms with Crippen LogP contribution in [0.4, 0.5) is 11.4 Å². The van der Waals surface area contributed by atoms with E-state index in [2.05, 4.69) is 11.4 Å². The zero-order chi connectivity index (χ0) is 18.7. The normalized spacial score (nSPS) is 15.9. The molecule has 136 valence electrons. The number of carbonyl (C=O) groups is 2. The van der Waals surface area contributed by atoms with Crippen LogP contribution in [0.3, 0.4) is 0 Å². The summed E-state index contributed by atoms with van der Waals surface area (Å²) in [6.07, 6.45) is 8.82. The lowest BCUT2D eigenvalue weighted by atomic mass is 9.98. The Balaban J connectivity index is 2.25. The SMILES string of the molecule is COC(=O)C1=C(C(=O)OC)N(c2c(C)ccc3c2NCCC3)C=CC=C1. The van der Waals surface area contributed by atoms with Crippen LogP contribution in [0.1, 0.15) is 17.5 Å². The number of benzene rings is 1. The Kier molecular flexibility index (Phi) is 5.11. The number of nitrogens with zero attached hydrogens (tertiary/aromatic N) is 1. The molecule has 2 heterocycles. The molecule has 1 aromatic carbocycles. The lowest BCUT2D eigenvalue weighted by Crippen LogP contribution is -2.29. The fourth-order valence-electron chi connectivity index (χ4n) is 3.28. The number of methoxy groups -OCH3 is 2. The highest BCUT2D eigenvalue weighted by atomic mass is 16.5. The Hall–Kier alpha value is -3.02. The van der Waals surface area contributed by atoms with Gasteiger partial charge in [0.25, 0.3) is 0 Å². The maximum atomic E-state index is 12.6. The summed E-state index contributed by atoms with van der Waals surface area (Å²) in [6, 6.07) is 4.13. The third kappa shape index (κ3) is 3.10. The molecule has 0 aliphatic carbocycles. The molecule has 0 fully saturated rings. The lowest BCUT2D eigenvalue weighted by Gasteiger charge is -2.30. The summed E-state index contributed by atoms with van der Waals surface area (Å²) in [4.78, 5) is 26.6. The van der Waals surface area contributed by atoms with Crippen molar-refractivity contribution in [3.63, 3.8) is 0 Å². The molecule has 2 aliphatic heterocycles. The zero-order valence-electron chi connectivity index (χ0n) is 15.2. The minimum absolute atomic E-state index is 0.133. The first-order chi connectivity index (χ1) is 12.6. The Morgan fingerprint density at radius 1 is 1.12 bits per heavy atom. The summed E-state index contributed by atoms with van der Waals surface area (Å²) in [5.41, 5.74) is 4.27. The van der Waals surface area contributed by atoms with E-state index in [0.29, 0.717) is 0 Å². The average Bonchev–Trinajstić information content (AvgIpc) is 2.89. The summed E-state index contributed by atoms with van der Waals surface area (Å²) in [5, 5.41) is 3.44. The van der Waals surface area contributed by atoms with Crippen molar-refractivity contribution in [2.45, 2.75) is 19.8 Å². The van der Waals surface area contributed by atoms with Gasteiger partial charge in [0.15, 0.2) is 0 Å². The maximum absolute atomic E-state index is 12.6. The fraction of sp³-hybridized carbons (Fsp3) is 0.300. The van der Waals surface area contributed by atoms with E-state index < -0.39 is 11.9 Å². The third-order valence-corrected chi connectivity index (χ3v) is 4.52. The molecule has 0 saturated heterocycles. The summed E-state index contributed by atoms with van der Waals surface area (Å²) < 4.78 is 9.84. The van der Waals surface area contributed by atoms with Crippen molar-refractivity contribution >= 4 is 23.3 Å². The predicted molar refractivity (Wildman–Crippen MR) is 99.8 cm³/mol. The number of nitrogens with one attached hydrogen (secondary N) is 1. The summed E-state index contributed by atoms with van der Waals surface area (Å²) >= 11 is 0. The minimum Gasteiger partial charge on any atom is -0.465 e. The predicted octanol–water partition coefficient (Wildman–Crippen LogP) is 2.84. The number of esters is 2. The van der Waals surface area contributed by atoms with E-state index in [-0.39, 0.29) is 11.3 Å². The summed E-state index contributed by atoms with van der Waals surface area (Å²) in [6.45, 7) is 2.84. The molecule has 0 unspecified atom stereocenters. The van der Waals surface area contributed by atoms with Crippen molar-refractivity contribution in [3.8, 4) is 0 Å². The van der Waals surface area contributed by atoms with Crippen LogP contribution < -0.4 is 10.2 Å². The van der Waals surface area contributed by atoms with Crippen LogP contribution in [-0.2, 0) is 25.5 Å². The van der Waals surface area contributed by atoms with Crippen molar-refractivity contribution in [3.05, 3.63) is 59.0 Å². The highest BCUT2D eigenvalue weighted by Gasteiger charge is 2.30. The van der Waals surface area contributed by atoms with E-state index in [9.17, 15) is 9.59 Å². The first kappa shape index (κ1) is 17.8. The number of fused-ring (bicyclic) bond motifs is 1. The molecule has 1 N–H and O–H groups in total. The number of allylic oxidation sites excluding steroid dienone is 2. The molecule has 0 radical (unpaired) electrons. The van der Waals surface area contributed by atoms with E-state index >= 15 is 0 Å². The molecule has 3 rings (SSSR count). The van der Waals surface area contributed by atoms with E-state index in [1.54, 1.807) is 29.3 Å². The van der Waals surface area contributed by atoms with Crippen molar-refractivity contribution in [2.24, 2.45) is 0 Å². The second kappa shape index (κ2) is 7.47. The first-order valence-electron chi connectivity index (χ1n) is 8.49. The van der Waals surface area contributed by atoms with Gasteiger partial charge in [-0.15, -0.1) is 0 Å². The van der Waals surface area contributed by atoms with Gasteiger partial charge in [0, 0.05) is 12.7 Å².